The number of rotatable bonds is 2. The maximum atomic E-state index is 4.14. The molecule has 0 bridgehead atoms. The Labute approximate surface area is 80.3 Å². The molecule has 1 rings (SSSR count). The molecular weight excluding hydrogens is 218 g/mol. The highest BCUT2D eigenvalue weighted by Crippen LogP contribution is 2.05. The lowest BCUT2D eigenvalue weighted by Gasteiger charge is -2.08. The first-order valence-corrected chi connectivity index (χ1v) is 4.41. The van der Waals surface area contributed by atoms with Crippen LogP contribution in [-0.2, 0) is 0 Å². The third-order valence-electron chi connectivity index (χ3n) is 1.31. The molecule has 0 fully saturated rings. The van der Waals surface area contributed by atoms with Gasteiger partial charge in [-0.2, -0.15) is 0 Å². The van der Waals surface area contributed by atoms with Crippen LogP contribution in [0.3, 0.4) is 0 Å². The van der Waals surface area contributed by atoms with Gasteiger partial charge in [-0.05, 0) is 11.1 Å². The van der Waals surface area contributed by atoms with Crippen molar-refractivity contribution in [2.24, 2.45) is 0 Å². The van der Waals surface area contributed by atoms with Crippen LogP contribution in [0.5, 0.6) is 0 Å². The monoisotopic (exact) mass is 227 g/mol. The van der Waals surface area contributed by atoms with E-state index >= 15 is 0 Å². The maximum absolute atomic E-state index is 4.14. The van der Waals surface area contributed by atoms with Gasteiger partial charge in [0, 0.05) is 32.1 Å². The molecule has 0 aliphatic heterocycles. The zero-order valence-electron chi connectivity index (χ0n) is 7.03. The topological polar surface area (TPSA) is 29.0 Å². The number of hydrogen-bond donors (Lipinski definition) is 0. The van der Waals surface area contributed by atoms with Crippen molar-refractivity contribution in [1.82, 2.24) is 9.97 Å². The highest BCUT2D eigenvalue weighted by molar-refractivity contribution is 9.11. The number of halogens is 1. The second kappa shape index (κ2) is 4.21. The van der Waals surface area contributed by atoms with Gasteiger partial charge in [-0.1, -0.05) is 15.9 Å². The van der Waals surface area contributed by atoms with Gasteiger partial charge in [0.25, 0.3) is 0 Å². The third-order valence-corrected chi connectivity index (χ3v) is 1.58. The molecule has 1 aromatic heterocycles. The summed E-state index contributed by atoms with van der Waals surface area (Å²) in [7, 11) is 3.82. The predicted octanol–water partition coefficient (Wildman–Crippen LogP) is 1.91. The van der Waals surface area contributed by atoms with Crippen LogP contribution >= 0.6 is 15.9 Å². The highest BCUT2D eigenvalue weighted by atomic mass is 79.9. The summed E-state index contributed by atoms with van der Waals surface area (Å²) < 4.78 is 0. The molecule has 0 amide bonds. The number of aromatic nitrogens is 2. The van der Waals surface area contributed by atoms with E-state index in [2.05, 4.69) is 25.9 Å². The van der Waals surface area contributed by atoms with Crippen molar-refractivity contribution < 1.29 is 0 Å². The summed E-state index contributed by atoms with van der Waals surface area (Å²) in [6, 6.07) is 0. The van der Waals surface area contributed by atoms with E-state index in [1.165, 1.54) is 0 Å². The zero-order chi connectivity index (χ0) is 8.97. The first kappa shape index (κ1) is 9.19. The van der Waals surface area contributed by atoms with Crippen LogP contribution < -0.4 is 4.90 Å². The van der Waals surface area contributed by atoms with E-state index < -0.39 is 0 Å². The zero-order valence-corrected chi connectivity index (χ0v) is 8.62. The molecule has 0 unspecified atom stereocenters. The van der Waals surface area contributed by atoms with Gasteiger partial charge < -0.3 is 4.90 Å². The smallest absolute Gasteiger partial charge is 0.224 e. The molecule has 3 nitrogen and oxygen atoms in total. The molecule has 0 atom stereocenters. The van der Waals surface area contributed by atoms with Crippen molar-refractivity contribution in [3.63, 3.8) is 0 Å². The average Bonchev–Trinajstić information content (AvgIpc) is 2.06. The Balaban J connectivity index is 2.85. The van der Waals surface area contributed by atoms with Crippen molar-refractivity contribution in [2.75, 3.05) is 19.0 Å². The van der Waals surface area contributed by atoms with Crippen LogP contribution in [-0.4, -0.2) is 24.1 Å². The summed E-state index contributed by atoms with van der Waals surface area (Å²) in [5.74, 6) is 0.724. The minimum absolute atomic E-state index is 0.724. The number of anilines is 1. The lowest BCUT2D eigenvalue weighted by molar-refractivity contribution is 0.996. The van der Waals surface area contributed by atoms with Gasteiger partial charge in [0.15, 0.2) is 0 Å². The lowest BCUT2D eigenvalue weighted by Crippen LogP contribution is -2.12. The first-order chi connectivity index (χ1) is 5.74. The summed E-state index contributed by atoms with van der Waals surface area (Å²) in [6.07, 6.45) is 5.44. The minimum atomic E-state index is 0.724. The van der Waals surface area contributed by atoms with Gasteiger partial charge in [-0.3, -0.25) is 0 Å². The van der Waals surface area contributed by atoms with Gasteiger partial charge in [0.05, 0.1) is 0 Å². The molecule has 0 spiro atoms. The fraction of sp³-hybridized carbons (Fsp3) is 0.250. The average molecular weight is 228 g/mol. The molecule has 1 aromatic rings. The normalized spacial score (nSPS) is 10.6. The third kappa shape index (κ3) is 2.30. The van der Waals surface area contributed by atoms with E-state index in [9.17, 15) is 0 Å². The molecule has 64 valence electrons. The summed E-state index contributed by atoms with van der Waals surface area (Å²) in [5, 5.41) is 0. The Morgan fingerprint density at radius 1 is 1.33 bits per heavy atom. The van der Waals surface area contributed by atoms with Gasteiger partial charge in [0.2, 0.25) is 5.95 Å². The fourth-order valence-electron chi connectivity index (χ4n) is 0.721. The Morgan fingerprint density at radius 2 is 1.92 bits per heavy atom. The van der Waals surface area contributed by atoms with E-state index in [4.69, 9.17) is 0 Å². The van der Waals surface area contributed by atoms with Crippen LogP contribution in [0.4, 0.5) is 5.95 Å². The first-order valence-electron chi connectivity index (χ1n) is 3.50. The molecule has 0 aliphatic rings. The summed E-state index contributed by atoms with van der Waals surface area (Å²) in [6.45, 7) is 0. The van der Waals surface area contributed by atoms with E-state index in [-0.39, 0.29) is 0 Å². The van der Waals surface area contributed by atoms with Gasteiger partial charge >= 0.3 is 0 Å². The van der Waals surface area contributed by atoms with Crippen molar-refractivity contribution in [1.29, 1.82) is 0 Å². The summed E-state index contributed by atoms with van der Waals surface area (Å²) in [4.78, 5) is 11.9. The Bertz CT molecular complexity index is 266. The lowest BCUT2D eigenvalue weighted by atomic mass is 10.3. The van der Waals surface area contributed by atoms with Crippen LogP contribution in [0, 0.1) is 0 Å². The second-order valence-corrected chi connectivity index (χ2v) is 3.03. The molecule has 0 saturated heterocycles. The van der Waals surface area contributed by atoms with Gasteiger partial charge in [-0.15, -0.1) is 0 Å². The van der Waals surface area contributed by atoms with Crippen LogP contribution in [0.15, 0.2) is 17.4 Å². The van der Waals surface area contributed by atoms with E-state index in [0.29, 0.717) is 0 Å². The Morgan fingerprint density at radius 3 is 2.33 bits per heavy atom. The van der Waals surface area contributed by atoms with E-state index in [0.717, 1.165) is 11.5 Å². The standard InChI is InChI=1S/C8H10BrN3/c1-12(2)8-10-5-7(3-4-9)6-11-8/h3-6H,1-2H3/b4-3+. The largest absolute Gasteiger partial charge is 0.347 e. The van der Waals surface area contributed by atoms with E-state index in [1.807, 2.05) is 25.1 Å². The molecule has 12 heavy (non-hydrogen) atoms. The van der Waals surface area contributed by atoms with Gasteiger partial charge in [0.1, 0.15) is 0 Å². The van der Waals surface area contributed by atoms with Crippen molar-refractivity contribution >= 4 is 28.0 Å². The van der Waals surface area contributed by atoms with E-state index in [1.54, 1.807) is 17.4 Å². The molecule has 0 saturated carbocycles. The van der Waals surface area contributed by atoms with Crippen molar-refractivity contribution in [3.8, 4) is 0 Å². The van der Waals surface area contributed by atoms with Crippen molar-refractivity contribution in [3.05, 3.63) is 22.9 Å². The van der Waals surface area contributed by atoms with Crippen molar-refractivity contribution in [2.45, 2.75) is 0 Å². The molecule has 1 heterocycles. The predicted molar refractivity (Wildman–Crippen MR) is 54.3 cm³/mol. The SMILES string of the molecule is CN(C)c1ncc(/C=C/Br)cn1. The minimum Gasteiger partial charge on any atom is -0.347 e. The fourth-order valence-corrected chi connectivity index (χ4v) is 1.03. The number of nitrogens with zero attached hydrogens (tertiary/aromatic N) is 3. The summed E-state index contributed by atoms with van der Waals surface area (Å²) >= 11 is 3.19. The highest BCUT2D eigenvalue weighted by Gasteiger charge is 1.95. The second-order valence-electron chi connectivity index (χ2n) is 2.50. The summed E-state index contributed by atoms with van der Waals surface area (Å²) in [5.41, 5.74) is 0.984. The number of hydrogen-bond acceptors (Lipinski definition) is 3. The Kier molecular flexibility index (Phi) is 3.22. The molecule has 0 radical (unpaired) electrons. The van der Waals surface area contributed by atoms with Crippen LogP contribution in [0.2, 0.25) is 0 Å². The maximum Gasteiger partial charge on any atom is 0.224 e. The molecule has 0 aliphatic carbocycles. The van der Waals surface area contributed by atoms with Crippen LogP contribution in [0.1, 0.15) is 5.56 Å². The molecule has 0 N–H and O–H groups in total. The Hall–Kier alpha value is -0.900. The van der Waals surface area contributed by atoms with Crippen LogP contribution in [0.25, 0.3) is 6.08 Å². The quantitative estimate of drug-likeness (QED) is 0.774. The molecule has 0 aromatic carbocycles. The van der Waals surface area contributed by atoms with Gasteiger partial charge in [-0.25, -0.2) is 9.97 Å². The molecular formula is C8H10BrN3. The molecule has 4 heteroatoms.